The number of aryl methyl sites for hydroxylation is 1. The molecule has 17 heavy (non-hydrogen) atoms. The molecule has 0 saturated carbocycles. The third kappa shape index (κ3) is 2.45. The summed E-state index contributed by atoms with van der Waals surface area (Å²) in [5.74, 6) is -0.0449. The molecule has 1 aromatic carbocycles. The van der Waals surface area contributed by atoms with Gasteiger partial charge in [-0.05, 0) is 19.1 Å². The van der Waals surface area contributed by atoms with E-state index in [0.29, 0.717) is 11.4 Å². The van der Waals surface area contributed by atoms with Crippen LogP contribution < -0.4 is 4.90 Å². The number of thiazole rings is 1. The van der Waals surface area contributed by atoms with Gasteiger partial charge in [-0.1, -0.05) is 6.07 Å². The number of nitrogens with zero attached hydrogens (tertiary/aromatic N) is 2. The van der Waals surface area contributed by atoms with Gasteiger partial charge in [-0.3, -0.25) is 4.79 Å². The van der Waals surface area contributed by atoms with Crippen LogP contribution in [0.15, 0.2) is 29.6 Å². The van der Waals surface area contributed by atoms with E-state index in [1.54, 1.807) is 30.6 Å². The highest BCUT2D eigenvalue weighted by Gasteiger charge is 2.16. The van der Waals surface area contributed by atoms with Crippen molar-refractivity contribution in [2.75, 3.05) is 11.9 Å². The summed E-state index contributed by atoms with van der Waals surface area (Å²) in [5, 5.41) is 12.0. The largest absolute Gasteiger partial charge is 0.508 e. The van der Waals surface area contributed by atoms with E-state index in [1.165, 1.54) is 22.3 Å². The van der Waals surface area contributed by atoms with Gasteiger partial charge in [-0.15, -0.1) is 11.3 Å². The minimum atomic E-state index is -0.181. The number of phenolic OH excluding ortho intramolecular Hbond substituents is 1. The lowest BCUT2D eigenvalue weighted by Gasteiger charge is -2.16. The van der Waals surface area contributed by atoms with Crippen LogP contribution in [0.5, 0.6) is 5.75 Å². The molecule has 0 saturated heterocycles. The van der Waals surface area contributed by atoms with Crippen molar-refractivity contribution in [1.82, 2.24) is 4.98 Å². The van der Waals surface area contributed by atoms with Gasteiger partial charge in [0.05, 0.1) is 5.01 Å². The zero-order valence-corrected chi connectivity index (χ0v) is 10.4. The maximum atomic E-state index is 12.1. The first-order valence-electron chi connectivity index (χ1n) is 5.07. The fraction of sp³-hybridized carbons (Fsp3) is 0.167. The van der Waals surface area contributed by atoms with Crippen LogP contribution in [0.3, 0.4) is 0 Å². The molecule has 0 atom stereocenters. The zero-order valence-electron chi connectivity index (χ0n) is 9.54. The van der Waals surface area contributed by atoms with Crippen molar-refractivity contribution in [3.05, 3.63) is 40.3 Å². The van der Waals surface area contributed by atoms with Crippen LogP contribution in [-0.4, -0.2) is 23.0 Å². The summed E-state index contributed by atoms with van der Waals surface area (Å²) in [6.07, 6.45) is 0. The second-order valence-electron chi connectivity index (χ2n) is 3.64. The van der Waals surface area contributed by atoms with Crippen molar-refractivity contribution in [2.24, 2.45) is 0 Å². The number of phenols is 1. The van der Waals surface area contributed by atoms with E-state index in [4.69, 9.17) is 0 Å². The van der Waals surface area contributed by atoms with Gasteiger partial charge < -0.3 is 10.0 Å². The van der Waals surface area contributed by atoms with E-state index in [9.17, 15) is 9.90 Å². The fourth-order valence-corrected chi connectivity index (χ4v) is 2.04. The molecule has 0 aliphatic rings. The molecule has 0 unspecified atom stereocenters. The number of aromatic nitrogens is 1. The molecule has 0 aliphatic heterocycles. The van der Waals surface area contributed by atoms with Crippen LogP contribution in [0.4, 0.5) is 5.69 Å². The monoisotopic (exact) mass is 248 g/mol. The highest BCUT2D eigenvalue weighted by molar-refractivity contribution is 7.09. The molecule has 0 bridgehead atoms. The van der Waals surface area contributed by atoms with Crippen LogP contribution in [-0.2, 0) is 0 Å². The van der Waals surface area contributed by atoms with Gasteiger partial charge in [0.15, 0.2) is 0 Å². The van der Waals surface area contributed by atoms with Crippen LogP contribution >= 0.6 is 11.3 Å². The van der Waals surface area contributed by atoms with Crippen LogP contribution in [0.2, 0.25) is 0 Å². The smallest absolute Gasteiger partial charge is 0.277 e. The van der Waals surface area contributed by atoms with E-state index in [-0.39, 0.29) is 11.7 Å². The Balaban J connectivity index is 2.26. The predicted octanol–water partition coefficient (Wildman–Crippen LogP) is 2.43. The maximum absolute atomic E-state index is 12.1. The second-order valence-corrected chi connectivity index (χ2v) is 4.70. The Hall–Kier alpha value is -1.88. The number of aromatic hydroxyl groups is 1. The van der Waals surface area contributed by atoms with Crippen molar-refractivity contribution in [2.45, 2.75) is 6.92 Å². The average Bonchev–Trinajstić information content (AvgIpc) is 2.74. The summed E-state index contributed by atoms with van der Waals surface area (Å²) in [5.41, 5.74) is 1.07. The Bertz CT molecular complexity index is 551. The van der Waals surface area contributed by atoms with Crippen molar-refractivity contribution in [3.63, 3.8) is 0 Å². The average molecular weight is 248 g/mol. The number of amides is 1. The zero-order chi connectivity index (χ0) is 12.4. The second kappa shape index (κ2) is 4.55. The first-order valence-corrected chi connectivity index (χ1v) is 5.95. The molecule has 0 spiro atoms. The van der Waals surface area contributed by atoms with Crippen LogP contribution in [0.1, 0.15) is 15.5 Å². The summed E-state index contributed by atoms with van der Waals surface area (Å²) < 4.78 is 0. The molecular weight excluding hydrogens is 236 g/mol. The third-order valence-electron chi connectivity index (χ3n) is 2.36. The van der Waals surface area contributed by atoms with Crippen molar-refractivity contribution in [3.8, 4) is 5.75 Å². The Labute approximate surface area is 103 Å². The number of benzene rings is 1. The fourth-order valence-electron chi connectivity index (χ4n) is 1.45. The van der Waals surface area contributed by atoms with Crippen molar-refractivity contribution < 1.29 is 9.90 Å². The van der Waals surface area contributed by atoms with Crippen LogP contribution in [0.25, 0.3) is 0 Å². The quantitative estimate of drug-likeness (QED) is 0.888. The van der Waals surface area contributed by atoms with Crippen molar-refractivity contribution in [1.29, 1.82) is 0 Å². The summed E-state index contributed by atoms with van der Waals surface area (Å²) >= 11 is 1.44. The molecule has 88 valence electrons. The first kappa shape index (κ1) is 11.6. The Kier molecular flexibility index (Phi) is 3.10. The van der Waals surface area contributed by atoms with E-state index in [0.717, 1.165) is 5.01 Å². The standard InChI is InChI=1S/C12H12N2O2S/c1-8-13-11(7-17-8)12(16)14(2)9-4-3-5-10(15)6-9/h3-7,15H,1-2H3. The molecule has 2 rings (SSSR count). The van der Waals surface area contributed by atoms with E-state index < -0.39 is 0 Å². The number of anilines is 1. The molecule has 1 N–H and O–H groups in total. The van der Waals surface area contributed by atoms with Crippen molar-refractivity contribution >= 4 is 22.9 Å². The predicted molar refractivity (Wildman–Crippen MR) is 67.7 cm³/mol. The summed E-state index contributed by atoms with van der Waals surface area (Å²) in [7, 11) is 1.66. The van der Waals surface area contributed by atoms with Crippen LogP contribution in [0, 0.1) is 6.92 Å². The molecular formula is C12H12N2O2S. The lowest BCUT2D eigenvalue weighted by molar-refractivity contribution is 0.0989. The first-order chi connectivity index (χ1) is 8.08. The minimum absolute atomic E-state index is 0.136. The van der Waals surface area contributed by atoms with Gasteiger partial charge in [0.2, 0.25) is 0 Å². The topological polar surface area (TPSA) is 53.4 Å². The maximum Gasteiger partial charge on any atom is 0.277 e. The lowest BCUT2D eigenvalue weighted by Crippen LogP contribution is -2.26. The molecule has 1 heterocycles. The normalized spacial score (nSPS) is 10.2. The Morgan fingerprint density at radius 1 is 1.47 bits per heavy atom. The van der Waals surface area contributed by atoms with Gasteiger partial charge in [0.1, 0.15) is 11.4 Å². The van der Waals surface area contributed by atoms with E-state index in [1.807, 2.05) is 6.92 Å². The number of carbonyl (C=O) groups is 1. The molecule has 4 nitrogen and oxygen atoms in total. The van der Waals surface area contributed by atoms with E-state index >= 15 is 0 Å². The molecule has 0 radical (unpaired) electrons. The highest BCUT2D eigenvalue weighted by Crippen LogP contribution is 2.21. The Morgan fingerprint density at radius 3 is 2.82 bits per heavy atom. The van der Waals surface area contributed by atoms with E-state index in [2.05, 4.69) is 4.98 Å². The molecule has 1 aromatic heterocycles. The van der Waals surface area contributed by atoms with Gasteiger partial charge in [-0.2, -0.15) is 0 Å². The number of rotatable bonds is 2. The van der Waals surface area contributed by atoms with Gasteiger partial charge in [0, 0.05) is 24.2 Å². The molecule has 2 aromatic rings. The SMILES string of the molecule is Cc1nc(C(=O)N(C)c2cccc(O)c2)cs1. The lowest BCUT2D eigenvalue weighted by atomic mass is 10.2. The van der Waals surface area contributed by atoms with Gasteiger partial charge in [0.25, 0.3) is 5.91 Å². The third-order valence-corrected chi connectivity index (χ3v) is 3.13. The van der Waals surface area contributed by atoms with Gasteiger partial charge >= 0.3 is 0 Å². The highest BCUT2D eigenvalue weighted by atomic mass is 32.1. The van der Waals surface area contributed by atoms with Gasteiger partial charge in [-0.25, -0.2) is 4.98 Å². The molecule has 1 amide bonds. The number of hydrogen-bond donors (Lipinski definition) is 1. The number of carbonyl (C=O) groups excluding carboxylic acids is 1. The molecule has 0 fully saturated rings. The Morgan fingerprint density at radius 2 is 2.24 bits per heavy atom. The minimum Gasteiger partial charge on any atom is -0.508 e. The molecule has 0 aliphatic carbocycles. The summed E-state index contributed by atoms with van der Waals surface area (Å²) in [4.78, 5) is 17.7. The molecule has 5 heteroatoms. The number of hydrogen-bond acceptors (Lipinski definition) is 4. The summed E-state index contributed by atoms with van der Waals surface area (Å²) in [6.45, 7) is 1.86. The summed E-state index contributed by atoms with van der Waals surface area (Å²) in [6, 6.07) is 6.56.